The molecule has 0 N–H and O–H groups in total. The van der Waals surface area contributed by atoms with E-state index >= 15 is 0 Å². The summed E-state index contributed by atoms with van der Waals surface area (Å²) in [5.41, 5.74) is 3.51. The number of aryl methyl sites for hydroxylation is 2. The molecule has 2 heteroatoms. The van der Waals surface area contributed by atoms with Crippen molar-refractivity contribution in [3.63, 3.8) is 0 Å². The van der Waals surface area contributed by atoms with E-state index in [1.54, 1.807) is 0 Å². The van der Waals surface area contributed by atoms with Crippen molar-refractivity contribution in [3.8, 4) is 5.75 Å². The first-order valence-electron chi connectivity index (χ1n) is 11.1. The number of hydrogen-bond donors (Lipinski definition) is 0. The summed E-state index contributed by atoms with van der Waals surface area (Å²) in [7, 11) is 0. The van der Waals surface area contributed by atoms with E-state index < -0.39 is 0 Å². The van der Waals surface area contributed by atoms with Crippen LogP contribution < -0.4 is 4.74 Å². The summed E-state index contributed by atoms with van der Waals surface area (Å²) < 4.78 is 12.7. The van der Waals surface area contributed by atoms with Crippen LogP contribution in [0.25, 0.3) is 0 Å². The van der Waals surface area contributed by atoms with Crippen molar-refractivity contribution < 1.29 is 9.47 Å². The topological polar surface area (TPSA) is 18.5 Å². The molecule has 0 aromatic heterocycles. The van der Waals surface area contributed by atoms with Gasteiger partial charge in [-0.1, -0.05) is 13.0 Å². The Bertz CT molecular complexity index is 614. The first kappa shape index (κ1) is 17.1. The molecule has 0 amide bonds. The molecular formula is C24H34O2. The average molecular weight is 355 g/mol. The van der Waals surface area contributed by atoms with Gasteiger partial charge in [-0.3, -0.25) is 0 Å². The average Bonchev–Trinajstić information content (AvgIpc) is 3.06. The number of fused-ring (bicyclic) bond motifs is 1. The quantitative estimate of drug-likeness (QED) is 0.566. The van der Waals surface area contributed by atoms with Gasteiger partial charge in [-0.25, -0.2) is 0 Å². The van der Waals surface area contributed by atoms with E-state index in [4.69, 9.17) is 9.47 Å². The van der Waals surface area contributed by atoms with Gasteiger partial charge in [0, 0.05) is 6.42 Å². The van der Waals surface area contributed by atoms with Gasteiger partial charge in [-0.2, -0.15) is 0 Å². The summed E-state index contributed by atoms with van der Waals surface area (Å²) in [5.74, 6) is 4.01. The zero-order valence-corrected chi connectivity index (χ0v) is 16.3. The standard InChI is InChI=1S/C24H34O2/c1-2-8-25-23(26-22-7-6-20-4-3-5-21(20)12-22)16-24-13-17-9-18(14-24)11-19(10-17)15-24/h6-7,12,17-19,23H,2-5,8-11,13-16H2,1H3. The highest BCUT2D eigenvalue weighted by atomic mass is 16.7. The van der Waals surface area contributed by atoms with Crippen LogP contribution in [0.1, 0.15) is 75.8 Å². The van der Waals surface area contributed by atoms with E-state index in [0.29, 0.717) is 5.41 Å². The van der Waals surface area contributed by atoms with Gasteiger partial charge in [0.1, 0.15) is 5.75 Å². The molecule has 1 aromatic rings. The van der Waals surface area contributed by atoms with Crippen molar-refractivity contribution in [2.24, 2.45) is 23.2 Å². The third-order valence-corrected chi connectivity index (χ3v) is 7.61. The minimum Gasteiger partial charge on any atom is -0.465 e. The molecule has 6 rings (SSSR count). The zero-order chi connectivity index (χ0) is 17.6. The minimum absolute atomic E-state index is 0.0642. The Labute approximate surface area is 158 Å². The molecule has 2 nitrogen and oxygen atoms in total. The van der Waals surface area contributed by atoms with Gasteiger partial charge >= 0.3 is 0 Å². The molecule has 26 heavy (non-hydrogen) atoms. The predicted molar refractivity (Wildman–Crippen MR) is 104 cm³/mol. The molecule has 5 aliphatic carbocycles. The molecule has 4 fully saturated rings. The van der Waals surface area contributed by atoms with Crippen LogP contribution in [-0.2, 0) is 17.6 Å². The van der Waals surface area contributed by atoms with E-state index in [9.17, 15) is 0 Å². The van der Waals surface area contributed by atoms with Crippen molar-refractivity contribution in [2.75, 3.05) is 6.61 Å². The first-order valence-corrected chi connectivity index (χ1v) is 11.1. The Balaban J connectivity index is 1.31. The molecule has 4 bridgehead atoms. The highest BCUT2D eigenvalue weighted by Gasteiger charge is 2.51. The minimum atomic E-state index is -0.0642. The summed E-state index contributed by atoms with van der Waals surface area (Å²) in [6, 6.07) is 6.73. The van der Waals surface area contributed by atoms with Crippen LogP contribution in [0.15, 0.2) is 18.2 Å². The third-order valence-electron chi connectivity index (χ3n) is 7.61. The molecule has 0 heterocycles. The van der Waals surface area contributed by atoms with Crippen molar-refractivity contribution in [3.05, 3.63) is 29.3 Å². The smallest absolute Gasteiger partial charge is 0.200 e. The summed E-state index contributed by atoms with van der Waals surface area (Å²) in [6.45, 7) is 3.00. The number of rotatable bonds is 7. The van der Waals surface area contributed by atoms with Crippen LogP contribution in [0.4, 0.5) is 0 Å². The van der Waals surface area contributed by atoms with Crippen molar-refractivity contribution >= 4 is 0 Å². The van der Waals surface area contributed by atoms with Crippen LogP contribution in [-0.4, -0.2) is 12.9 Å². The second-order valence-corrected chi connectivity index (χ2v) is 9.82. The lowest BCUT2D eigenvalue weighted by molar-refractivity contribution is -0.142. The Morgan fingerprint density at radius 3 is 2.38 bits per heavy atom. The van der Waals surface area contributed by atoms with Gasteiger partial charge in [0.2, 0.25) is 0 Å². The Morgan fingerprint density at radius 1 is 1.00 bits per heavy atom. The number of benzene rings is 1. The third kappa shape index (κ3) is 3.30. The van der Waals surface area contributed by atoms with E-state index in [-0.39, 0.29) is 6.29 Å². The van der Waals surface area contributed by atoms with E-state index in [2.05, 4.69) is 25.1 Å². The number of ether oxygens (including phenoxy) is 2. The zero-order valence-electron chi connectivity index (χ0n) is 16.3. The maximum absolute atomic E-state index is 6.46. The van der Waals surface area contributed by atoms with Crippen LogP contribution in [0.2, 0.25) is 0 Å². The lowest BCUT2D eigenvalue weighted by Gasteiger charge is -2.57. The molecule has 1 atom stereocenters. The summed E-state index contributed by atoms with van der Waals surface area (Å²) >= 11 is 0. The molecule has 1 aromatic carbocycles. The van der Waals surface area contributed by atoms with E-state index in [1.807, 2.05) is 0 Å². The van der Waals surface area contributed by atoms with Crippen molar-refractivity contribution in [1.29, 1.82) is 0 Å². The van der Waals surface area contributed by atoms with Crippen LogP contribution in [0.3, 0.4) is 0 Å². The largest absolute Gasteiger partial charge is 0.465 e. The van der Waals surface area contributed by atoms with Gasteiger partial charge in [0.25, 0.3) is 0 Å². The van der Waals surface area contributed by atoms with Gasteiger partial charge in [-0.05, 0) is 111 Å². The second kappa shape index (κ2) is 6.86. The highest BCUT2D eigenvalue weighted by Crippen LogP contribution is 2.61. The monoisotopic (exact) mass is 354 g/mol. The fourth-order valence-electron chi connectivity index (χ4n) is 7.05. The Morgan fingerprint density at radius 2 is 1.69 bits per heavy atom. The Hall–Kier alpha value is -1.02. The maximum atomic E-state index is 6.46. The molecule has 0 aliphatic heterocycles. The van der Waals surface area contributed by atoms with Crippen LogP contribution >= 0.6 is 0 Å². The number of hydrogen-bond acceptors (Lipinski definition) is 2. The van der Waals surface area contributed by atoms with E-state index in [1.165, 1.54) is 68.9 Å². The van der Waals surface area contributed by atoms with Gasteiger partial charge < -0.3 is 9.47 Å². The SMILES string of the molecule is CCCOC(CC12CC3CC(CC(C3)C1)C2)Oc1ccc2c(c1)CCC2. The summed E-state index contributed by atoms with van der Waals surface area (Å²) in [5, 5.41) is 0. The second-order valence-electron chi connectivity index (χ2n) is 9.82. The molecule has 0 spiro atoms. The molecule has 142 valence electrons. The highest BCUT2D eigenvalue weighted by molar-refractivity contribution is 5.38. The normalized spacial score (nSPS) is 35.5. The lowest BCUT2D eigenvalue weighted by Crippen LogP contribution is -2.48. The van der Waals surface area contributed by atoms with Gasteiger partial charge in [-0.15, -0.1) is 0 Å². The molecule has 0 saturated heterocycles. The Kier molecular flexibility index (Phi) is 4.51. The molecule has 5 aliphatic rings. The predicted octanol–water partition coefficient (Wildman–Crippen LogP) is 5.91. The molecule has 4 saturated carbocycles. The summed E-state index contributed by atoms with van der Waals surface area (Å²) in [6.07, 6.45) is 14.6. The molecule has 1 unspecified atom stereocenters. The molecular weight excluding hydrogens is 320 g/mol. The first-order chi connectivity index (χ1) is 12.7. The van der Waals surface area contributed by atoms with E-state index in [0.717, 1.165) is 43.0 Å². The lowest BCUT2D eigenvalue weighted by atomic mass is 9.49. The fraction of sp³-hybridized carbons (Fsp3) is 0.750. The van der Waals surface area contributed by atoms with Gasteiger partial charge in [0.05, 0.1) is 6.61 Å². The fourth-order valence-corrected chi connectivity index (χ4v) is 7.05. The summed E-state index contributed by atoms with van der Waals surface area (Å²) in [4.78, 5) is 0. The van der Waals surface area contributed by atoms with Gasteiger partial charge in [0.15, 0.2) is 6.29 Å². The van der Waals surface area contributed by atoms with Crippen LogP contribution in [0, 0.1) is 23.2 Å². The van der Waals surface area contributed by atoms with Crippen molar-refractivity contribution in [1.82, 2.24) is 0 Å². The van der Waals surface area contributed by atoms with Crippen molar-refractivity contribution in [2.45, 2.75) is 83.8 Å². The molecule has 0 radical (unpaired) electrons. The van der Waals surface area contributed by atoms with Crippen LogP contribution in [0.5, 0.6) is 5.75 Å². The maximum Gasteiger partial charge on any atom is 0.200 e.